The number of nitrogens with two attached hydrogens (primary N) is 1. The Bertz CT molecular complexity index is 1310. The first kappa shape index (κ1) is 28.6. The molecule has 208 valence electrons. The quantitative estimate of drug-likeness (QED) is 0.309. The van der Waals surface area contributed by atoms with Crippen molar-refractivity contribution in [2.45, 2.75) is 12.5 Å². The summed E-state index contributed by atoms with van der Waals surface area (Å²) in [7, 11) is 3.83. The third-order valence-electron chi connectivity index (χ3n) is 6.70. The number of morpholine rings is 1. The van der Waals surface area contributed by atoms with E-state index in [2.05, 4.69) is 39.2 Å². The molecule has 3 aromatic carbocycles. The third kappa shape index (κ3) is 8.30. The Kier molecular flexibility index (Phi) is 10.1. The van der Waals surface area contributed by atoms with Crippen LogP contribution in [0.5, 0.6) is 0 Å². The van der Waals surface area contributed by atoms with Gasteiger partial charge in [-0.25, -0.2) is 4.99 Å². The lowest BCUT2D eigenvalue weighted by Crippen LogP contribution is -2.41. The summed E-state index contributed by atoms with van der Waals surface area (Å²) in [6.07, 6.45) is 3.98. The van der Waals surface area contributed by atoms with Crippen LogP contribution in [0.1, 0.15) is 11.1 Å². The smallest absolute Gasteiger partial charge is 0.242 e. The van der Waals surface area contributed by atoms with Gasteiger partial charge in [0, 0.05) is 42.1 Å². The van der Waals surface area contributed by atoms with Gasteiger partial charge in [0.25, 0.3) is 0 Å². The predicted molar refractivity (Wildman–Crippen MR) is 166 cm³/mol. The zero-order valence-corrected chi connectivity index (χ0v) is 23.2. The monoisotopic (exact) mass is 538 g/mol. The summed E-state index contributed by atoms with van der Waals surface area (Å²) < 4.78 is 5.42. The van der Waals surface area contributed by atoms with Crippen LogP contribution in [0, 0.1) is 0 Å². The van der Waals surface area contributed by atoms with Gasteiger partial charge in [-0.2, -0.15) is 0 Å². The Morgan fingerprint density at radius 2 is 1.62 bits per heavy atom. The summed E-state index contributed by atoms with van der Waals surface area (Å²) in [6.45, 7) is 7.30. The maximum Gasteiger partial charge on any atom is 0.242 e. The minimum absolute atomic E-state index is 0.0565. The van der Waals surface area contributed by atoms with Crippen molar-refractivity contribution in [1.82, 2.24) is 4.90 Å². The molecule has 0 radical (unpaired) electrons. The molecular weight excluding hydrogens is 500 g/mol. The largest absolute Gasteiger partial charge is 0.398 e. The Labute approximate surface area is 236 Å². The van der Waals surface area contributed by atoms with Gasteiger partial charge in [0.2, 0.25) is 5.91 Å². The zero-order valence-electron chi connectivity index (χ0n) is 23.2. The van der Waals surface area contributed by atoms with Crippen LogP contribution in [0.3, 0.4) is 0 Å². The first-order valence-corrected chi connectivity index (χ1v) is 13.4. The topological polar surface area (TPSA) is 95.2 Å². The second-order valence-electron chi connectivity index (χ2n) is 9.85. The van der Waals surface area contributed by atoms with E-state index in [0.29, 0.717) is 23.6 Å². The van der Waals surface area contributed by atoms with Gasteiger partial charge in [0.05, 0.1) is 19.3 Å². The number of anilines is 3. The Morgan fingerprint density at radius 1 is 1.00 bits per heavy atom. The average Bonchev–Trinajstić information content (AvgIpc) is 2.97. The van der Waals surface area contributed by atoms with Crippen LogP contribution in [0.25, 0.3) is 5.70 Å². The molecule has 8 heteroatoms. The van der Waals surface area contributed by atoms with Gasteiger partial charge in [-0.1, -0.05) is 49.0 Å². The van der Waals surface area contributed by atoms with Crippen molar-refractivity contribution < 1.29 is 9.53 Å². The molecule has 8 nitrogen and oxygen atoms in total. The van der Waals surface area contributed by atoms with E-state index in [-0.39, 0.29) is 11.9 Å². The maximum atomic E-state index is 13.0. The Morgan fingerprint density at radius 3 is 2.27 bits per heavy atom. The fourth-order valence-electron chi connectivity index (χ4n) is 4.40. The first-order chi connectivity index (χ1) is 19.4. The molecule has 1 fully saturated rings. The van der Waals surface area contributed by atoms with Crippen molar-refractivity contribution in [3.8, 4) is 0 Å². The summed E-state index contributed by atoms with van der Waals surface area (Å²) in [5.74, 6) is 0.450. The molecule has 0 aromatic heterocycles. The van der Waals surface area contributed by atoms with E-state index in [0.717, 1.165) is 43.1 Å². The van der Waals surface area contributed by atoms with Gasteiger partial charge >= 0.3 is 0 Å². The van der Waals surface area contributed by atoms with Crippen LogP contribution in [0.2, 0.25) is 0 Å². The minimum Gasteiger partial charge on any atom is -0.398 e. The molecule has 1 atom stereocenters. The van der Waals surface area contributed by atoms with Crippen LogP contribution in [0.4, 0.5) is 17.1 Å². The van der Waals surface area contributed by atoms with Crippen molar-refractivity contribution in [2.75, 3.05) is 55.9 Å². The summed E-state index contributed by atoms with van der Waals surface area (Å²) >= 11 is 0. The van der Waals surface area contributed by atoms with Crippen molar-refractivity contribution in [1.29, 1.82) is 0 Å². The van der Waals surface area contributed by atoms with E-state index in [9.17, 15) is 4.79 Å². The highest BCUT2D eigenvalue weighted by Gasteiger charge is 2.21. The number of hydrogen-bond acceptors (Lipinski definition) is 7. The van der Waals surface area contributed by atoms with Gasteiger partial charge in [-0.05, 0) is 74.1 Å². The number of carbonyl (C=O) groups excluding carboxylic acids is 1. The van der Waals surface area contributed by atoms with E-state index in [1.54, 1.807) is 12.3 Å². The van der Waals surface area contributed by atoms with Gasteiger partial charge < -0.3 is 26.0 Å². The number of ether oxygens (including phenoxy) is 1. The highest BCUT2D eigenvalue weighted by atomic mass is 16.5. The number of nitrogens with one attached hydrogen (secondary N) is 2. The fourth-order valence-corrected chi connectivity index (χ4v) is 4.40. The van der Waals surface area contributed by atoms with Crippen LogP contribution in [0.15, 0.2) is 102 Å². The lowest BCUT2D eigenvalue weighted by molar-refractivity contribution is -0.120. The minimum atomic E-state index is -0.285. The summed E-state index contributed by atoms with van der Waals surface area (Å²) in [5, 5.41) is 6.21. The number of hydrogen-bond donors (Lipinski definition) is 3. The van der Waals surface area contributed by atoms with E-state index in [1.807, 2.05) is 85.7 Å². The maximum absolute atomic E-state index is 13.0. The number of carbonyl (C=O) groups is 1. The molecule has 4 N–H and O–H groups in total. The lowest BCUT2D eigenvalue weighted by Gasteiger charge is -2.28. The molecule has 0 spiro atoms. The zero-order chi connectivity index (χ0) is 28.3. The van der Waals surface area contributed by atoms with Crippen LogP contribution < -0.4 is 21.3 Å². The highest BCUT2D eigenvalue weighted by molar-refractivity contribution is 5.95. The molecule has 1 saturated heterocycles. The number of rotatable bonds is 11. The van der Waals surface area contributed by atoms with E-state index < -0.39 is 0 Å². The molecular formula is C32H38N6O2. The molecule has 0 bridgehead atoms. The van der Waals surface area contributed by atoms with Crippen LogP contribution >= 0.6 is 0 Å². The number of aliphatic imine (C=N–C) groups is 1. The van der Waals surface area contributed by atoms with E-state index in [1.165, 1.54) is 5.69 Å². The molecule has 0 saturated carbocycles. The van der Waals surface area contributed by atoms with Gasteiger partial charge in [-0.3, -0.25) is 9.69 Å². The number of benzene rings is 3. The van der Waals surface area contributed by atoms with Gasteiger partial charge in [0.15, 0.2) is 0 Å². The molecule has 0 unspecified atom stereocenters. The van der Waals surface area contributed by atoms with Crippen molar-refractivity contribution >= 4 is 34.9 Å². The van der Waals surface area contributed by atoms with E-state index >= 15 is 0 Å². The normalized spacial score (nSPS) is 14.8. The number of likely N-dealkylation sites (N-methyl/N-ethyl adjacent to an activating group) is 1. The molecule has 4 rings (SSSR count). The lowest BCUT2D eigenvalue weighted by atomic mass is 10.0. The molecule has 1 aliphatic heterocycles. The number of allylic oxidation sites excluding steroid dienone is 1. The molecule has 0 aliphatic carbocycles. The number of amides is 1. The molecule has 3 aromatic rings. The van der Waals surface area contributed by atoms with Crippen molar-refractivity contribution in [2.24, 2.45) is 10.7 Å². The predicted octanol–water partition coefficient (Wildman–Crippen LogP) is 4.59. The first-order valence-electron chi connectivity index (χ1n) is 13.4. The SMILES string of the molecule is C=C(/N=C\C=C(/N)c1ccc(NC(=O)[C@H](Cc2ccccc2)N(C)C)cc1)Nc1ccc(N2CCOCC2)cc1. The Hall–Kier alpha value is -4.40. The Balaban J connectivity index is 1.28. The second-order valence-corrected chi connectivity index (χ2v) is 9.85. The molecule has 1 amide bonds. The van der Waals surface area contributed by atoms with Crippen LogP contribution in [-0.4, -0.2) is 63.5 Å². The summed E-state index contributed by atoms with van der Waals surface area (Å²) in [6, 6.07) is 25.4. The average molecular weight is 539 g/mol. The van der Waals surface area contributed by atoms with Gasteiger partial charge in [-0.15, -0.1) is 0 Å². The summed E-state index contributed by atoms with van der Waals surface area (Å²) in [4.78, 5) is 21.6. The molecule has 1 aliphatic rings. The van der Waals surface area contributed by atoms with Crippen molar-refractivity contribution in [3.05, 3.63) is 108 Å². The fraction of sp³-hybridized carbons (Fsp3) is 0.250. The van der Waals surface area contributed by atoms with Crippen molar-refractivity contribution in [3.63, 3.8) is 0 Å². The summed E-state index contributed by atoms with van der Waals surface area (Å²) in [5.41, 5.74) is 11.6. The standard InChI is InChI=1S/C32H38N6O2/c1-24(35-27-13-15-29(16-14-27)38-19-21-40-22-20-38)34-18-17-30(33)26-9-11-28(12-10-26)36-32(39)31(37(2)3)23-25-7-5-4-6-8-25/h4-18,31,35H,1,19-23,33H2,2-3H3,(H,36,39)/b30-17-,34-18-/t31-/m0/s1. The number of nitrogens with zero attached hydrogens (tertiary/aromatic N) is 3. The molecule has 40 heavy (non-hydrogen) atoms. The van der Waals surface area contributed by atoms with E-state index in [4.69, 9.17) is 10.5 Å². The van der Waals surface area contributed by atoms with Crippen LogP contribution in [-0.2, 0) is 16.0 Å². The van der Waals surface area contributed by atoms with Gasteiger partial charge in [0.1, 0.15) is 5.82 Å². The third-order valence-corrected chi connectivity index (χ3v) is 6.70. The highest BCUT2D eigenvalue weighted by Crippen LogP contribution is 2.20. The second kappa shape index (κ2) is 14.1. The molecule has 1 heterocycles.